The maximum absolute atomic E-state index is 11.2. The van der Waals surface area contributed by atoms with Crippen LogP contribution in [0, 0.1) is 5.92 Å². The first kappa shape index (κ1) is 14.6. The molecule has 0 aliphatic heterocycles. The maximum Gasteiger partial charge on any atom is 0.407 e. The van der Waals surface area contributed by atoms with Gasteiger partial charge in [0.05, 0.1) is 12.6 Å². The van der Waals surface area contributed by atoms with Crippen molar-refractivity contribution in [1.29, 1.82) is 0 Å². The van der Waals surface area contributed by atoms with Gasteiger partial charge in [-0.15, -0.1) is 0 Å². The van der Waals surface area contributed by atoms with Gasteiger partial charge in [-0.1, -0.05) is 20.3 Å². The van der Waals surface area contributed by atoms with E-state index in [0.717, 1.165) is 19.1 Å². The van der Waals surface area contributed by atoms with Crippen molar-refractivity contribution in [1.82, 2.24) is 5.32 Å². The molecule has 0 bridgehead atoms. The summed E-state index contributed by atoms with van der Waals surface area (Å²) in [5.74, 6) is -0.258. The molecule has 0 saturated heterocycles. The van der Waals surface area contributed by atoms with E-state index < -0.39 is 12.1 Å². The number of aldehydes is 2. The molecule has 0 saturated carbocycles. The predicted octanol–water partition coefficient (Wildman–Crippen LogP) is 1.31. The molecule has 0 heterocycles. The van der Waals surface area contributed by atoms with Crippen molar-refractivity contribution < 1.29 is 19.1 Å². The van der Waals surface area contributed by atoms with E-state index in [4.69, 9.17) is 4.74 Å². The first-order valence-corrected chi connectivity index (χ1v) is 5.47. The summed E-state index contributed by atoms with van der Waals surface area (Å²) in [5, 5.41) is 2.40. The van der Waals surface area contributed by atoms with Gasteiger partial charge < -0.3 is 19.6 Å². The van der Waals surface area contributed by atoms with Crippen LogP contribution >= 0.6 is 0 Å². The fourth-order valence-corrected chi connectivity index (χ4v) is 1.11. The lowest BCUT2D eigenvalue weighted by Crippen LogP contribution is -2.37. The Morgan fingerprint density at radius 2 is 2.06 bits per heavy atom. The molecule has 0 spiro atoms. The number of ether oxygens (including phenoxy) is 1. The van der Waals surface area contributed by atoms with E-state index in [1.54, 1.807) is 6.92 Å². The average molecular weight is 229 g/mol. The first-order valence-electron chi connectivity index (χ1n) is 5.47. The van der Waals surface area contributed by atoms with Crippen LogP contribution in [0.2, 0.25) is 0 Å². The number of rotatable bonds is 8. The van der Waals surface area contributed by atoms with E-state index in [-0.39, 0.29) is 5.92 Å². The third-order valence-electron chi connectivity index (χ3n) is 2.06. The van der Waals surface area contributed by atoms with E-state index >= 15 is 0 Å². The van der Waals surface area contributed by atoms with Crippen LogP contribution in [0.1, 0.15) is 33.1 Å². The van der Waals surface area contributed by atoms with Crippen LogP contribution in [-0.4, -0.2) is 31.3 Å². The largest absolute Gasteiger partial charge is 0.450 e. The lowest BCUT2D eigenvalue weighted by Gasteiger charge is -2.14. The highest BCUT2D eigenvalue weighted by atomic mass is 16.5. The van der Waals surface area contributed by atoms with Gasteiger partial charge in [0.25, 0.3) is 0 Å². The van der Waals surface area contributed by atoms with Gasteiger partial charge in [-0.05, 0) is 12.8 Å². The van der Waals surface area contributed by atoms with Crippen molar-refractivity contribution in [2.24, 2.45) is 5.92 Å². The van der Waals surface area contributed by atoms with Crippen LogP contribution in [0.5, 0.6) is 0 Å². The van der Waals surface area contributed by atoms with Crippen LogP contribution < -0.4 is 5.32 Å². The summed E-state index contributed by atoms with van der Waals surface area (Å²) in [6.45, 7) is 4.02. The highest BCUT2D eigenvalue weighted by Crippen LogP contribution is 2.01. The van der Waals surface area contributed by atoms with Crippen molar-refractivity contribution in [3.8, 4) is 0 Å². The van der Waals surface area contributed by atoms with Crippen molar-refractivity contribution >= 4 is 18.7 Å². The van der Waals surface area contributed by atoms with Crippen molar-refractivity contribution in [2.45, 2.75) is 39.2 Å². The van der Waals surface area contributed by atoms with Gasteiger partial charge >= 0.3 is 6.09 Å². The second-order valence-electron chi connectivity index (χ2n) is 3.73. The van der Waals surface area contributed by atoms with Crippen molar-refractivity contribution in [3.63, 3.8) is 0 Å². The zero-order valence-electron chi connectivity index (χ0n) is 9.77. The quantitative estimate of drug-likeness (QED) is 0.503. The smallest absolute Gasteiger partial charge is 0.407 e. The number of nitrogens with one attached hydrogen (secondary N) is 1. The zero-order chi connectivity index (χ0) is 12.4. The predicted molar refractivity (Wildman–Crippen MR) is 59.1 cm³/mol. The van der Waals surface area contributed by atoms with Gasteiger partial charge in [-0.3, -0.25) is 0 Å². The Balaban J connectivity index is 3.87. The molecular weight excluding hydrogens is 210 g/mol. The molecule has 0 aromatic rings. The molecule has 0 rings (SSSR count). The summed E-state index contributed by atoms with van der Waals surface area (Å²) in [6.07, 6.45) is 2.79. The Hall–Kier alpha value is -1.39. The van der Waals surface area contributed by atoms with Crippen LogP contribution in [0.3, 0.4) is 0 Å². The van der Waals surface area contributed by atoms with E-state index in [1.165, 1.54) is 0 Å². The second kappa shape index (κ2) is 8.88. The van der Waals surface area contributed by atoms with Crippen LogP contribution in [0.4, 0.5) is 4.79 Å². The Bertz CT molecular complexity index is 230. The summed E-state index contributed by atoms with van der Waals surface area (Å²) in [5.41, 5.74) is 0. The summed E-state index contributed by atoms with van der Waals surface area (Å²) < 4.78 is 4.83. The fourth-order valence-electron chi connectivity index (χ4n) is 1.11. The van der Waals surface area contributed by atoms with Gasteiger partial charge in [0.1, 0.15) is 12.6 Å². The molecule has 1 amide bonds. The standard InChI is InChI=1S/C11H19NO4/c1-3-4-5-16-11(15)12-10(8-14)6-9(2)7-13/h7-10H,3-6H2,1-2H3,(H,12,15). The van der Waals surface area contributed by atoms with E-state index in [9.17, 15) is 14.4 Å². The first-order chi connectivity index (χ1) is 7.63. The molecule has 0 aromatic carbocycles. The Morgan fingerprint density at radius 3 is 2.56 bits per heavy atom. The molecule has 0 fully saturated rings. The van der Waals surface area contributed by atoms with Gasteiger partial charge in [-0.2, -0.15) is 0 Å². The minimum Gasteiger partial charge on any atom is -0.450 e. The lowest BCUT2D eigenvalue weighted by molar-refractivity contribution is -0.112. The average Bonchev–Trinajstić information content (AvgIpc) is 2.28. The van der Waals surface area contributed by atoms with Gasteiger partial charge in [0, 0.05) is 5.92 Å². The zero-order valence-corrected chi connectivity index (χ0v) is 9.77. The van der Waals surface area contributed by atoms with Crippen molar-refractivity contribution in [2.75, 3.05) is 6.61 Å². The maximum atomic E-state index is 11.2. The van der Waals surface area contributed by atoms with Crippen LogP contribution in [0.25, 0.3) is 0 Å². The molecule has 0 aromatic heterocycles. The number of hydrogen-bond acceptors (Lipinski definition) is 4. The van der Waals surface area contributed by atoms with Gasteiger partial charge in [0.15, 0.2) is 0 Å². The third kappa shape index (κ3) is 6.98. The third-order valence-corrected chi connectivity index (χ3v) is 2.06. The Labute approximate surface area is 95.5 Å². The monoisotopic (exact) mass is 229 g/mol. The van der Waals surface area contributed by atoms with Crippen LogP contribution in [0.15, 0.2) is 0 Å². The minimum absolute atomic E-state index is 0.258. The summed E-state index contributed by atoms with van der Waals surface area (Å²) in [7, 11) is 0. The van der Waals surface area contributed by atoms with Crippen LogP contribution in [-0.2, 0) is 14.3 Å². The van der Waals surface area contributed by atoms with Crippen molar-refractivity contribution in [3.05, 3.63) is 0 Å². The normalized spacial score (nSPS) is 13.6. The molecule has 92 valence electrons. The summed E-state index contributed by atoms with van der Waals surface area (Å²) in [4.78, 5) is 32.2. The van der Waals surface area contributed by atoms with E-state index in [2.05, 4.69) is 5.32 Å². The number of hydrogen-bond donors (Lipinski definition) is 1. The molecule has 2 atom stereocenters. The molecule has 2 unspecified atom stereocenters. The topological polar surface area (TPSA) is 72.5 Å². The number of alkyl carbamates (subject to hydrolysis) is 1. The fraction of sp³-hybridized carbons (Fsp3) is 0.727. The minimum atomic E-state index is -0.658. The summed E-state index contributed by atoms with van der Waals surface area (Å²) in [6, 6.07) is -0.658. The lowest BCUT2D eigenvalue weighted by atomic mass is 10.0. The Kier molecular flexibility index (Phi) is 8.11. The highest BCUT2D eigenvalue weighted by molar-refractivity contribution is 5.73. The number of carbonyl (C=O) groups is 3. The number of unbranched alkanes of at least 4 members (excludes halogenated alkanes) is 1. The second-order valence-corrected chi connectivity index (χ2v) is 3.73. The molecule has 5 nitrogen and oxygen atoms in total. The molecule has 0 radical (unpaired) electrons. The highest BCUT2D eigenvalue weighted by Gasteiger charge is 2.15. The molecular formula is C11H19NO4. The summed E-state index contributed by atoms with van der Waals surface area (Å²) >= 11 is 0. The van der Waals surface area contributed by atoms with E-state index in [1.807, 2.05) is 6.92 Å². The SMILES string of the molecule is CCCCOC(=O)NC(C=O)CC(C)C=O. The number of carbonyl (C=O) groups excluding carboxylic acids is 3. The van der Waals surface area contributed by atoms with Gasteiger partial charge in [0.2, 0.25) is 0 Å². The molecule has 16 heavy (non-hydrogen) atoms. The molecule has 5 heteroatoms. The molecule has 1 N–H and O–H groups in total. The number of amides is 1. The van der Waals surface area contributed by atoms with E-state index in [0.29, 0.717) is 19.3 Å². The Morgan fingerprint density at radius 1 is 1.38 bits per heavy atom. The molecule has 0 aliphatic carbocycles. The van der Waals surface area contributed by atoms with Gasteiger partial charge in [-0.25, -0.2) is 4.79 Å². The molecule has 0 aliphatic rings.